The first kappa shape index (κ1) is 8.62. The molecule has 0 saturated heterocycles. The third kappa shape index (κ3) is 0.970. The van der Waals surface area contributed by atoms with Gasteiger partial charge in [-0.2, -0.15) is 4.74 Å². The summed E-state index contributed by atoms with van der Waals surface area (Å²) < 4.78 is 0.403. The van der Waals surface area contributed by atoms with E-state index in [9.17, 15) is 14.8 Å². The first-order valence-corrected chi connectivity index (χ1v) is 4.12. The minimum absolute atomic E-state index is 0.253. The molecule has 0 atom stereocenters. The molecule has 2 rings (SSSR count). The van der Waals surface area contributed by atoms with E-state index in [0.29, 0.717) is 10.3 Å². The standard InChI is InChI=1S/C10H7NO3/c1-6(12)9-10(13)7-4-2-3-5-8(7)11(9)14/h2-5H,1H3. The SMILES string of the molecule is CC(=O)C1=[N+]([O-])c2ccccc2C1=O. The van der Waals surface area contributed by atoms with Crippen LogP contribution in [-0.4, -0.2) is 22.0 Å². The zero-order valence-electron chi connectivity index (χ0n) is 7.48. The summed E-state index contributed by atoms with van der Waals surface area (Å²) in [6.07, 6.45) is 0. The molecule has 4 nitrogen and oxygen atoms in total. The Morgan fingerprint density at radius 1 is 1.36 bits per heavy atom. The van der Waals surface area contributed by atoms with Gasteiger partial charge in [0.2, 0.25) is 11.5 Å². The Bertz CT molecular complexity index is 474. The van der Waals surface area contributed by atoms with Gasteiger partial charge in [0.25, 0.3) is 5.78 Å². The summed E-state index contributed by atoms with van der Waals surface area (Å²) in [4.78, 5) is 22.6. The Labute approximate surface area is 80.1 Å². The van der Waals surface area contributed by atoms with Crippen molar-refractivity contribution in [1.29, 1.82) is 0 Å². The molecule has 14 heavy (non-hydrogen) atoms. The van der Waals surface area contributed by atoms with Crippen molar-refractivity contribution in [3.05, 3.63) is 35.0 Å². The van der Waals surface area contributed by atoms with E-state index in [4.69, 9.17) is 0 Å². The quantitative estimate of drug-likeness (QED) is 0.490. The van der Waals surface area contributed by atoms with Crippen molar-refractivity contribution >= 4 is 23.0 Å². The van der Waals surface area contributed by atoms with E-state index in [1.54, 1.807) is 18.2 Å². The van der Waals surface area contributed by atoms with Gasteiger partial charge in [-0.1, -0.05) is 12.1 Å². The van der Waals surface area contributed by atoms with Crippen molar-refractivity contribution < 1.29 is 14.3 Å². The molecule has 1 heterocycles. The zero-order chi connectivity index (χ0) is 10.3. The van der Waals surface area contributed by atoms with Crippen LogP contribution in [0.5, 0.6) is 0 Å². The lowest BCUT2D eigenvalue weighted by Crippen LogP contribution is -2.23. The fourth-order valence-electron chi connectivity index (χ4n) is 1.49. The molecule has 1 aromatic carbocycles. The highest BCUT2D eigenvalue weighted by Crippen LogP contribution is 2.25. The molecule has 0 bridgehead atoms. The van der Waals surface area contributed by atoms with E-state index < -0.39 is 11.6 Å². The topological polar surface area (TPSA) is 60.2 Å². The maximum atomic E-state index is 11.5. The summed E-state index contributed by atoms with van der Waals surface area (Å²) in [6, 6.07) is 6.38. The van der Waals surface area contributed by atoms with Crippen LogP contribution in [0.25, 0.3) is 0 Å². The Morgan fingerprint density at radius 3 is 2.57 bits per heavy atom. The Morgan fingerprint density at radius 2 is 2.00 bits per heavy atom. The number of carbonyl (C=O) groups is 2. The smallest absolute Gasteiger partial charge is 0.308 e. The summed E-state index contributed by atoms with van der Waals surface area (Å²) in [5, 5.41) is 11.5. The molecule has 0 fully saturated rings. The highest BCUT2D eigenvalue weighted by Gasteiger charge is 2.37. The van der Waals surface area contributed by atoms with Crippen molar-refractivity contribution in [2.75, 3.05) is 0 Å². The molecule has 0 radical (unpaired) electrons. The van der Waals surface area contributed by atoms with E-state index in [1.165, 1.54) is 13.0 Å². The molecule has 1 aliphatic heterocycles. The molecule has 70 valence electrons. The number of fused-ring (bicyclic) bond motifs is 1. The Hall–Kier alpha value is -1.97. The molecule has 0 aromatic heterocycles. The normalized spacial score (nSPS) is 14.5. The number of benzene rings is 1. The van der Waals surface area contributed by atoms with E-state index in [2.05, 4.69) is 0 Å². The minimum Gasteiger partial charge on any atom is -0.618 e. The molecule has 0 spiro atoms. The highest BCUT2D eigenvalue weighted by atomic mass is 16.5. The number of carbonyl (C=O) groups excluding carboxylic acids is 2. The molecule has 0 saturated carbocycles. The number of nitrogens with zero attached hydrogens (tertiary/aromatic N) is 1. The van der Waals surface area contributed by atoms with E-state index in [1.807, 2.05) is 0 Å². The lowest BCUT2D eigenvalue weighted by atomic mass is 10.1. The third-order valence-corrected chi connectivity index (χ3v) is 2.12. The lowest BCUT2D eigenvalue weighted by molar-refractivity contribution is -0.355. The van der Waals surface area contributed by atoms with Gasteiger partial charge in [0.15, 0.2) is 0 Å². The molecule has 4 heteroatoms. The largest absolute Gasteiger partial charge is 0.618 e. The van der Waals surface area contributed by atoms with E-state index in [-0.39, 0.29) is 11.4 Å². The fourth-order valence-corrected chi connectivity index (χ4v) is 1.49. The van der Waals surface area contributed by atoms with Crippen molar-refractivity contribution in [3.63, 3.8) is 0 Å². The first-order chi connectivity index (χ1) is 6.63. The second-order valence-corrected chi connectivity index (χ2v) is 3.05. The van der Waals surface area contributed by atoms with Gasteiger partial charge >= 0.3 is 5.71 Å². The molecule has 1 aromatic rings. The van der Waals surface area contributed by atoms with Crippen LogP contribution in [-0.2, 0) is 4.79 Å². The summed E-state index contributed by atoms with van der Waals surface area (Å²) in [5.74, 6) is -0.982. The summed E-state index contributed by atoms with van der Waals surface area (Å²) in [5.41, 5.74) is 0.251. The van der Waals surface area contributed by atoms with Gasteiger partial charge in [-0.3, -0.25) is 9.59 Å². The van der Waals surface area contributed by atoms with Crippen LogP contribution < -0.4 is 0 Å². The van der Waals surface area contributed by atoms with Gasteiger partial charge in [-0.15, -0.1) is 0 Å². The predicted molar refractivity (Wildman–Crippen MR) is 49.7 cm³/mol. The van der Waals surface area contributed by atoms with Crippen molar-refractivity contribution in [2.45, 2.75) is 6.92 Å². The third-order valence-electron chi connectivity index (χ3n) is 2.12. The van der Waals surface area contributed by atoms with Crippen LogP contribution >= 0.6 is 0 Å². The predicted octanol–water partition coefficient (Wildman–Crippen LogP) is 1.05. The summed E-state index contributed by atoms with van der Waals surface area (Å²) >= 11 is 0. The molecule has 0 aliphatic carbocycles. The number of hydrogen-bond acceptors (Lipinski definition) is 3. The Kier molecular flexibility index (Phi) is 1.70. The van der Waals surface area contributed by atoms with Gasteiger partial charge in [0, 0.05) is 13.0 Å². The zero-order valence-corrected chi connectivity index (χ0v) is 7.48. The van der Waals surface area contributed by atoms with E-state index in [0.717, 1.165) is 0 Å². The van der Waals surface area contributed by atoms with Crippen molar-refractivity contribution in [1.82, 2.24) is 0 Å². The van der Waals surface area contributed by atoms with Crippen LogP contribution in [0.4, 0.5) is 5.69 Å². The van der Waals surface area contributed by atoms with Crippen LogP contribution in [0, 0.1) is 5.21 Å². The fraction of sp³-hybridized carbons (Fsp3) is 0.100. The summed E-state index contributed by atoms with van der Waals surface area (Å²) in [6.45, 7) is 1.21. The second-order valence-electron chi connectivity index (χ2n) is 3.05. The van der Waals surface area contributed by atoms with Gasteiger partial charge in [-0.25, -0.2) is 0 Å². The molecule has 1 aliphatic rings. The average molecular weight is 189 g/mol. The van der Waals surface area contributed by atoms with Gasteiger partial charge in [-0.05, 0) is 6.07 Å². The highest BCUT2D eigenvalue weighted by molar-refractivity contribution is 6.68. The monoisotopic (exact) mass is 189 g/mol. The molecule has 0 N–H and O–H groups in total. The number of rotatable bonds is 1. The maximum absolute atomic E-state index is 11.5. The van der Waals surface area contributed by atoms with Crippen LogP contribution in [0.3, 0.4) is 0 Å². The van der Waals surface area contributed by atoms with Crippen molar-refractivity contribution in [3.8, 4) is 0 Å². The van der Waals surface area contributed by atoms with Crippen LogP contribution in [0.15, 0.2) is 24.3 Å². The molecule has 0 unspecified atom stereocenters. The number of hydrogen-bond donors (Lipinski definition) is 0. The maximum Gasteiger partial charge on any atom is 0.308 e. The molecular formula is C10H7NO3. The van der Waals surface area contributed by atoms with Gasteiger partial charge in [0.1, 0.15) is 5.56 Å². The van der Waals surface area contributed by atoms with Crippen LogP contribution in [0.1, 0.15) is 17.3 Å². The number of Topliss-reactive ketones (excluding diaryl/α,β-unsaturated/α-hetero) is 2. The lowest BCUT2D eigenvalue weighted by Gasteiger charge is -1.98. The molecule has 0 amide bonds. The van der Waals surface area contributed by atoms with Crippen molar-refractivity contribution in [2.24, 2.45) is 0 Å². The number of para-hydroxylation sites is 1. The average Bonchev–Trinajstić information content (AvgIpc) is 2.41. The van der Waals surface area contributed by atoms with Gasteiger partial charge in [0.05, 0.1) is 0 Å². The first-order valence-electron chi connectivity index (χ1n) is 4.12. The van der Waals surface area contributed by atoms with Gasteiger partial charge < -0.3 is 5.21 Å². The number of ketones is 2. The second kappa shape index (κ2) is 2.77. The summed E-state index contributed by atoms with van der Waals surface area (Å²) in [7, 11) is 0. The van der Waals surface area contributed by atoms with Crippen LogP contribution in [0.2, 0.25) is 0 Å². The molecular weight excluding hydrogens is 182 g/mol. The Balaban J connectivity index is 2.69. The van der Waals surface area contributed by atoms with E-state index >= 15 is 0 Å². The minimum atomic E-state index is -0.499.